The average Bonchev–Trinajstić information content (AvgIpc) is 2.54. The van der Waals surface area contributed by atoms with Gasteiger partial charge in [0.2, 0.25) is 5.91 Å². The van der Waals surface area contributed by atoms with E-state index >= 15 is 0 Å². The highest BCUT2D eigenvalue weighted by Crippen LogP contribution is 2.44. The number of ether oxygens (including phenoxy) is 1. The molecule has 0 heterocycles. The molecule has 0 saturated heterocycles. The Balaban J connectivity index is 1.81. The minimum Gasteiger partial charge on any atom is -0.462 e. The molecule has 0 bridgehead atoms. The second-order valence-corrected chi connectivity index (χ2v) is 6.20. The molecule has 4 nitrogen and oxygen atoms in total. The minimum absolute atomic E-state index is 0.176. The first kappa shape index (κ1) is 17.1. The van der Waals surface area contributed by atoms with Crippen LogP contribution in [0.5, 0.6) is 0 Å². The van der Waals surface area contributed by atoms with Gasteiger partial charge in [0, 0.05) is 5.69 Å². The first-order chi connectivity index (χ1) is 12.0. The smallest absolute Gasteiger partial charge is 0.338 e. The van der Waals surface area contributed by atoms with Gasteiger partial charge in [0.05, 0.1) is 17.6 Å². The molecule has 3 rings (SSSR count). The first-order valence-corrected chi connectivity index (χ1v) is 8.40. The highest BCUT2D eigenvalue weighted by Gasteiger charge is 2.45. The number of hydrogen-bond donors (Lipinski definition) is 1. The van der Waals surface area contributed by atoms with E-state index in [1.807, 2.05) is 0 Å². The predicted molar refractivity (Wildman–Crippen MR) is 93.0 cm³/mol. The molecule has 1 saturated carbocycles. The molecule has 0 aromatic heterocycles. The van der Waals surface area contributed by atoms with Crippen molar-refractivity contribution >= 4 is 17.6 Å². The lowest BCUT2D eigenvalue weighted by Gasteiger charge is -2.40. The molecule has 0 radical (unpaired) electrons. The van der Waals surface area contributed by atoms with Crippen LogP contribution in [0.25, 0.3) is 0 Å². The molecule has 5 heteroatoms. The molecule has 130 valence electrons. The van der Waals surface area contributed by atoms with Gasteiger partial charge >= 0.3 is 5.97 Å². The largest absolute Gasteiger partial charge is 0.462 e. The summed E-state index contributed by atoms with van der Waals surface area (Å²) in [5.74, 6) is -0.951. The van der Waals surface area contributed by atoms with Crippen molar-refractivity contribution in [1.29, 1.82) is 0 Å². The fraction of sp³-hybridized carbons (Fsp3) is 0.300. The van der Waals surface area contributed by atoms with E-state index in [1.54, 1.807) is 43.3 Å². The maximum Gasteiger partial charge on any atom is 0.338 e. The lowest BCUT2D eigenvalue weighted by molar-refractivity contribution is -0.124. The van der Waals surface area contributed by atoms with Crippen LogP contribution in [0.1, 0.15) is 42.1 Å². The van der Waals surface area contributed by atoms with Crippen LogP contribution in [-0.2, 0) is 14.9 Å². The molecule has 2 aromatic rings. The normalized spacial score (nSPS) is 15.1. The summed E-state index contributed by atoms with van der Waals surface area (Å²) in [4.78, 5) is 24.7. The van der Waals surface area contributed by atoms with E-state index in [0.29, 0.717) is 29.7 Å². The molecule has 0 unspecified atom stereocenters. The topological polar surface area (TPSA) is 55.4 Å². The molecule has 1 aliphatic rings. The standard InChI is InChI=1S/C20H20FNO3/c1-2-25-18(23)14-6-3-9-17(12-14)22-19(24)20(10-5-11-20)15-7-4-8-16(21)13-15/h3-4,6-9,12-13H,2,5,10-11H2,1H3,(H,22,24). The van der Waals surface area contributed by atoms with Crippen LogP contribution in [0.2, 0.25) is 0 Å². The number of esters is 1. The Kier molecular flexibility index (Phi) is 4.83. The number of anilines is 1. The summed E-state index contributed by atoms with van der Waals surface area (Å²) < 4.78 is 18.6. The lowest BCUT2D eigenvalue weighted by Crippen LogP contribution is -2.46. The van der Waals surface area contributed by atoms with Crippen molar-refractivity contribution in [1.82, 2.24) is 0 Å². The van der Waals surface area contributed by atoms with Gasteiger partial charge in [-0.3, -0.25) is 4.79 Å². The fourth-order valence-corrected chi connectivity index (χ4v) is 3.15. The summed E-state index contributed by atoms with van der Waals surface area (Å²) in [6.07, 6.45) is 2.28. The van der Waals surface area contributed by atoms with Crippen LogP contribution in [0.3, 0.4) is 0 Å². The number of nitrogens with one attached hydrogen (secondary N) is 1. The van der Waals surface area contributed by atoms with E-state index < -0.39 is 11.4 Å². The van der Waals surface area contributed by atoms with Gasteiger partial charge in [-0.2, -0.15) is 0 Å². The number of carbonyl (C=O) groups is 2. The van der Waals surface area contributed by atoms with E-state index in [4.69, 9.17) is 4.74 Å². The molecule has 1 amide bonds. The Morgan fingerprint density at radius 1 is 1.16 bits per heavy atom. The molecule has 0 spiro atoms. The Morgan fingerprint density at radius 2 is 1.92 bits per heavy atom. The van der Waals surface area contributed by atoms with Crippen molar-refractivity contribution in [3.8, 4) is 0 Å². The second kappa shape index (κ2) is 7.05. The van der Waals surface area contributed by atoms with Crippen molar-refractivity contribution in [2.45, 2.75) is 31.6 Å². The van der Waals surface area contributed by atoms with Crippen LogP contribution in [0.4, 0.5) is 10.1 Å². The van der Waals surface area contributed by atoms with Crippen molar-refractivity contribution in [3.05, 3.63) is 65.5 Å². The third-order valence-corrected chi connectivity index (χ3v) is 4.65. The molecule has 1 fully saturated rings. The van der Waals surface area contributed by atoms with E-state index in [9.17, 15) is 14.0 Å². The molecule has 25 heavy (non-hydrogen) atoms. The van der Waals surface area contributed by atoms with Crippen LogP contribution in [0, 0.1) is 5.82 Å². The van der Waals surface area contributed by atoms with E-state index in [0.717, 1.165) is 6.42 Å². The van der Waals surface area contributed by atoms with Crippen molar-refractivity contribution in [2.75, 3.05) is 11.9 Å². The molecular weight excluding hydrogens is 321 g/mol. The van der Waals surface area contributed by atoms with Crippen molar-refractivity contribution in [2.24, 2.45) is 0 Å². The van der Waals surface area contributed by atoms with Crippen LogP contribution >= 0.6 is 0 Å². The third kappa shape index (κ3) is 3.40. The maximum absolute atomic E-state index is 13.6. The first-order valence-electron chi connectivity index (χ1n) is 8.40. The number of carbonyl (C=O) groups excluding carboxylic acids is 2. The Labute approximate surface area is 146 Å². The molecular formula is C20H20FNO3. The number of hydrogen-bond acceptors (Lipinski definition) is 3. The molecule has 2 aromatic carbocycles. The summed E-state index contributed by atoms with van der Waals surface area (Å²) in [7, 11) is 0. The van der Waals surface area contributed by atoms with Gasteiger partial charge in [-0.05, 0) is 55.7 Å². The molecule has 1 aliphatic carbocycles. The number of benzene rings is 2. The highest BCUT2D eigenvalue weighted by atomic mass is 19.1. The molecule has 1 N–H and O–H groups in total. The van der Waals surface area contributed by atoms with Crippen LogP contribution < -0.4 is 5.32 Å². The Hall–Kier alpha value is -2.69. The summed E-state index contributed by atoms with van der Waals surface area (Å²) >= 11 is 0. The van der Waals surface area contributed by atoms with Gasteiger partial charge in [0.15, 0.2) is 0 Å². The highest BCUT2D eigenvalue weighted by molar-refractivity contribution is 6.01. The van der Waals surface area contributed by atoms with Crippen molar-refractivity contribution in [3.63, 3.8) is 0 Å². The SMILES string of the molecule is CCOC(=O)c1cccc(NC(=O)C2(c3cccc(F)c3)CCC2)c1. The zero-order chi connectivity index (χ0) is 17.9. The summed E-state index contributed by atoms with van der Waals surface area (Å²) in [5.41, 5.74) is 0.895. The lowest BCUT2D eigenvalue weighted by atomic mass is 9.63. The zero-order valence-electron chi connectivity index (χ0n) is 14.0. The van der Waals surface area contributed by atoms with E-state index in [-0.39, 0.29) is 18.3 Å². The number of halogens is 1. The monoisotopic (exact) mass is 341 g/mol. The third-order valence-electron chi connectivity index (χ3n) is 4.65. The van der Waals surface area contributed by atoms with Crippen LogP contribution in [0.15, 0.2) is 48.5 Å². The summed E-state index contributed by atoms with van der Waals surface area (Å²) in [6, 6.07) is 12.9. The Morgan fingerprint density at radius 3 is 2.56 bits per heavy atom. The van der Waals surface area contributed by atoms with Gasteiger partial charge < -0.3 is 10.1 Å². The fourth-order valence-electron chi connectivity index (χ4n) is 3.15. The molecule has 0 aliphatic heterocycles. The maximum atomic E-state index is 13.6. The van der Waals surface area contributed by atoms with E-state index in [2.05, 4.69) is 5.32 Å². The van der Waals surface area contributed by atoms with E-state index in [1.165, 1.54) is 12.1 Å². The van der Waals surface area contributed by atoms with Crippen molar-refractivity contribution < 1.29 is 18.7 Å². The Bertz CT molecular complexity index is 799. The number of rotatable bonds is 5. The summed E-state index contributed by atoms with van der Waals surface area (Å²) in [6.45, 7) is 2.03. The summed E-state index contributed by atoms with van der Waals surface area (Å²) in [5, 5.41) is 2.87. The quantitative estimate of drug-likeness (QED) is 0.834. The zero-order valence-corrected chi connectivity index (χ0v) is 14.0. The van der Waals surface area contributed by atoms with Gasteiger partial charge in [0.1, 0.15) is 5.82 Å². The van der Waals surface area contributed by atoms with Gasteiger partial charge in [0.25, 0.3) is 0 Å². The molecule has 0 atom stereocenters. The average molecular weight is 341 g/mol. The van der Waals surface area contributed by atoms with Gasteiger partial charge in [-0.1, -0.05) is 24.6 Å². The van der Waals surface area contributed by atoms with Crippen LogP contribution in [-0.4, -0.2) is 18.5 Å². The second-order valence-electron chi connectivity index (χ2n) is 6.20. The van der Waals surface area contributed by atoms with Gasteiger partial charge in [-0.25, -0.2) is 9.18 Å². The number of amides is 1. The minimum atomic E-state index is -0.706. The van der Waals surface area contributed by atoms with Gasteiger partial charge in [-0.15, -0.1) is 0 Å². The predicted octanol–water partition coefficient (Wildman–Crippen LogP) is 4.06.